The lowest BCUT2D eigenvalue weighted by Crippen LogP contribution is -2.22. The summed E-state index contributed by atoms with van der Waals surface area (Å²) in [5.41, 5.74) is 0.140. The number of hydrogen-bond donors (Lipinski definition) is 2. The molecule has 0 saturated heterocycles. The van der Waals surface area contributed by atoms with Crippen LogP contribution in [0, 0.1) is 0 Å². The Bertz CT molecular complexity index is 1320. The largest absolute Gasteiger partial charge is 0.478 e. The van der Waals surface area contributed by atoms with E-state index in [9.17, 15) is 18.0 Å². The lowest BCUT2D eigenvalue weighted by Gasteiger charge is -2.14. The zero-order chi connectivity index (χ0) is 25.8. The minimum atomic E-state index is -3.59. The first kappa shape index (κ1) is 25.6. The molecule has 2 aromatic heterocycles. The van der Waals surface area contributed by atoms with Gasteiger partial charge in [0.15, 0.2) is 0 Å². The average molecular weight is 501 g/mol. The third kappa shape index (κ3) is 6.52. The molecule has 3 rings (SSSR count). The van der Waals surface area contributed by atoms with Crippen molar-refractivity contribution in [3.05, 3.63) is 65.9 Å². The Hall–Kier alpha value is -4.03. The molecule has 1 amide bonds. The molecule has 35 heavy (non-hydrogen) atoms. The minimum absolute atomic E-state index is 0.0142. The topological polar surface area (TPSA) is 148 Å². The fourth-order valence-electron chi connectivity index (χ4n) is 2.76. The SMILES string of the molecule is CC(C)Oc1cc(C(=O)Nc2ccc(C(=O)O)cn2)cc(Oc2ccc(S(=O)(=O)N(C)C)cc2)n1. The van der Waals surface area contributed by atoms with Gasteiger partial charge in [-0.25, -0.2) is 22.5 Å². The van der Waals surface area contributed by atoms with Gasteiger partial charge in [-0.3, -0.25) is 4.79 Å². The summed E-state index contributed by atoms with van der Waals surface area (Å²) in [7, 11) is -0.717. The lowest BCUT2D eigenvalue weighted by atomic mass is 10.2. The molecule has 0 saturated carbocycles. The fraction of sp³-hybridized carbons (Fsp3) is 0.217. The Morgan fingerprint density at radius 2 is 1.66 bits per heavy atom. The third-order valence-electron chi connectivity index (χ3n) is 4.47. The van der Waals surface area contributed by atoms with Crippen LogP contribution < -0.4 is 14.8 Å². The van der Waals surface area contributed by atoms with E-state index in [0.717, 1.165) is 10.5 Å². The van der Waals surface area contributed by atoms with Crippen molar-refractivity contribution in [1.82, 2.24) is 14.3 Å². The number of sulfonamides is 1. The monoisotopic (exact) mass is 500 g/mol. The number of aromatic nitrogens is 2. The van der Waals surface area contributed by atoms with Crippen LogP contribution in [0.15, 0.2) is 59.6 Å². The number of anilines is 1. The molecular weight excluding hydrogens is 476 g/mol. The van der Waals surface area contributed by atoms with Gasteiger partial charge < -0.3 is 19.9 Å². The molecule has 0 fully saturated rings. The van der Waals surface area contributed by atoms with Gasteiger partial charge in [0.2, 0.25) is 21.8 Å². The molecule has 0 radical (unpaired) electrons. The van der Waals surface area contributed by atoms with Crippen molar-refractivity contribution in [3.63, 3.8) is 0 Å². The van der Waals surface area contributed by atoms with Gasteiger partial charge in [0.05, 0.1) is 22.1 Å². The molecule has 2 N–H and O–H groups in total. The van der Waals surface area contributed by atoms with E-state index in [0.29, 0.717) is 5.75 Å². The van der Waals surface area contributed by atoms with Gasteiger partial charge >= 0.3 is 5.97 Å². The molecule has 0 unspecified atom stereocenters. The van der Waals surface area contributed by atoms with Crippen molar-refractivity contribution in [2.75, 3.05) is 19.4 Å². The first-order valence-electron chi connectivity index (χ1n) is 10.4. The molecule has 0 spiro atoms. The molecule has 0 aliphatic heterocycles. The third-order valence-corrected chi connectivity index (χ3v) is 6.30. The van der Waals surface area contributed by atoms with Gasteiger partial charge in [0.25, 0.3) is 5.91 Å². The highest BCUT2D eigenvalue weighted by Gasteiger charge is 2.18. The first-order valence-corrected chi connectivity index (χ1v) is 11.8. The standard InChI is InChI=1S/C23H24N4O7S/c1-14(2)33-20-11-16(22(28)25-19-10-5-15(13-24-19)23(29)30)12-21(26-20)34-17-6-8-18(9-7-17)35(31,32)27(3)4/h5-14H,1-4H3,(H,29,30)(H,24,25,28). The number of carboxylic acids is 1. The van der Waals surface area contributed by atoms with Gasteiger partial charge in [-0.15, -0.1) is 0 Å². The van der Waals surface area contributed by atoms with Gasteiger partial charge in [0, 0.05) is 32.4 Å². The molecule has 11 nitrogen and oxygen atoms in total. The number of carbonyl (C=O) groups excluding carboxylic acids is 1. The summed E-state index contributed by atoms with van der Waals surface area (Å²) < 4.78 is 37.0. The van der Waals surface area contributed by atoms with Crippen molar-refractivity contribution >= 4 is 27.7 Å². The summed E-state index contributed by atoms with van der Waals surface area (Å²) in [4.78, 5) is 32.1. The number of carbonyl (C=O) groups is 2. The van der Waals surface area contributed by atoms with E-state index in [1.807, 2.05) is 0 Å². The Morgan fingerprint density at radius 1 is 1.00 bits per heavy atom. The number of pyridine rings is 2. The summed E-state index contributed by atoms with van der Waals surface area (Å²) in [6, 6.07) is 11.3. The van der Waals surface area contributed by atoms with E-state index in [2.05, 4.69) is 15.3 Å². The van der Waals surface area contributed by atoms with Gasteiger partial charge in [-0.2, -0.15) is 4.98 Å². The van der Waals surface area contributed by atoms with Crippen LogP contribution in [0.2, 0.25) is 0 Å². The number of aromatic carboxylic acids is 1. The molecule has 0 aliphatic rings. The van der Waals surface area contributed by atoms with Crippen LogP contribution in [0.25, 0.3) is 0 Å². The van der Waals surface area contributed by atoms with Gasteiger partial charge in [-0.05, 0) is 50.2 Å². The van der Waals surface area contributed by atoms with Crippen LogP contribution in [-0.4, -0.2) is 59.9 Å². The van der Waals surface area contributed by atoms with E-state index in [4.69, 9.17) is 14.6 Å². The smallest absolute Gasteiger partial charge is 0.337 e. The number of amides is 1. The highest BCUT2D eigenvalue weighted by Crippen LogP contribution is 2.26. The number of carboxylic acid groups (broad SMARTS) is 1. The number of nitrogens with one attached hydrogen (secondary N) is 1. The Balaban J connectivity index is 1.85. The first-order chi connectivity index (χ1) is 16.5. The minimum Gasteiger partial charge on any atom is -0.478 e. The van der Waals surface area contributed by atoms with Crippen LogP contribution in [0.1, 0.15) is 34.6 Å². The fourth-order valence-corrected chi connectivity index (χ4v) is 3.66. The summed E-state index contributed by atoms with van der Waals surface area (Å²) >= 11 is 0. The number of rotatable bonds is 9. The molecule has 0 atom stereocenters. The van der Waals surface area contributed by atoms with Crippen molar-refractivity contribution in [2.45, 2.75) is 24.8 Å². The second kappa shape index (κ2) is 10.5. The number of hydrogen-bond acceptors (Lipinski definition) is 8. The summed E-state index contributed by atoms with van der Waals surface area (Å²) in [5.74, 6) is -1.03. The van der Waals surface area contributed by atoms with Crippen LogP contribution in [0.4, 0.5) is 5.82 Å². The Labute approximate surface area is 202 Å². The zero-order valence-corrected chi connectivity index (χ0v) is 20.2. The van der Waals surface area contributed by atoms with E-state index in [1.54, 1.807) is 13.8 Å². The lowest BCUT2D eigenvalue weighted by molar-refractivity contribution is 0.0696. The normalized spacial score (nSPS) is 11.4. The Kier molecular flexibility index (Phi) is 7.67. The van der Waals surface area contributed by atoms with E-state index in [-0.39, 0.29) is 39.7 Å². The molecule has 2 heterocycles. The summed E-state index contributed by atoms with van der Waals surface area (Å²) in [6.07, 6.45) is 0.904. The zero-order valence-electron chi connectivity index (χ0n) is 19.4. The highest BCUT2D eigenvalue weighted by molar-refractivity contribution is 7.89. The van der Waals surface area contributed by atoms with E-state index in [1.165, 1.54) is 62.6 Å². The number of nitrogens with zero attached hydrogens (tertiary/aromatic N) is 3. The predicted octanol–water partition coefficient (Wildman–Crippen LogP) is 3.26. The van der Waals surface area contributed by atoms with Crippen LogP contribution >= 0.6 is 0 Å². The summed E-state index contributed by atoms with van der Waals surface area (Å²) in [6.45, 7) is 3.60. The quantitative estimate of drug-likeness (QED) is 0.451. The van der Waals surface area contributed by atoms with E-state index < -0.39 is 21.9 Å². The van der Waals surface area contributed by atoms with Crippen LogP contribution in [-0.2, 0) is 10.0 Å². The number of ether oxygens (including phenoxy) is 2. The molecule has 1 aromatic carbocycles. The average Bonchev–Trinajstić information content (AvgIpc) is 2.79. The van der Waals surface area contributed by atoms with Crippen molar-refractivity contribution < 1.29 is 32.6 Å². The van der Waals surface area contributed by atoms with Crippen molar-refractivity contribution in [3.8, 4) is 17.5 Å². The predicted molar refractivity (Wildman–Crippen MR) is 127 cm³/mol. The molecular formula is C23H24N4O7S. The second-order valence-corrected chi connectivity index (χ2v) is 9.90. The van der Waals surface area contributed by atoms with Gasteiger partial charge in [0.1, 0.15) is 11.6 Å². The molecule has 12 heteroatoms. The van der Waals surface area contributed by atoms with Crippen LogP contribution in [0.3, 0.4) is 0 Å². The molecule has 184 valence electrons. The molecule has 0 bridgehead atoms. The highest BCUT2D eigenvalue weighted by atomic mass is 32.2. The maximum Gasteiger partial charge on any atom is 0.337 e. The molecule has 3 aromatic rings. The maximum absolute atomic E-state index is 12.8. The Morgan fingerprint density at radius 3 is 2.20 bits per heavy atom. The number of benzene rings is 1. The van der Waals surface area contributed by atoms with Crippen molar-refractivity contribution in [1.29, 1.82) is 0 Å². The van der Waals surface area contributed by atoms with Crippen LogP contribution in [0.5, 0.6) is 17.5 Å². The second-order valence-electron chi connectivity index (χ2n) is 7.75. The molecule has 0 aliphatic carbocycles. The maximum atomic E-state index is 12.8. The van der Waals surface area contributed by atoms with E-state index >= 15 is 0 Å². The van der Waals surface area contributed by atoms with Crippen molar-refractivity contribution in [2.24, 2.45) is 0 Å². The summed E-state index contributed by atoms with van der Waals surface area (Å²) in [5, 5.41) is 11.6. The van der Waals surface area contributed by atoms with Gasteiger partial charge in [-0.1, -0.05) is 0 Å².